The Morgan fingerprint density at radius 3 is 2.48 bits per heavy atom. The lowest BCUT2D eigenvalue weighted by Crippen LogP contribution is -2.13. The molecule has 0 unspecified atom stereocenters. The van der Waals surface area contributed by atoms with Crippen LogP contribution in [0.3, 0.4) is 0 Å². The van der Waals surface area contributed by atoms with E-state index >= 15 is 0 Å². The van der Waals surface area contributed by atoms with E-state index in [1.807, 2.05) is 42.5 Å². The fraction of sp³-hybridized carbons (Fsp3) is 0. The number of carbonyl (C=O) groups is 1. The Labute approximate surface area is 156 Å². The highest BCUT2D eigenvalue weighted by Gasteiger charge is 2.13. The number of hydrogen-bond acceptors (Lipinski definition) is 4. The predicted octanol–water partition coefficient (Wildman–Crippen LogP) is 4.31. The van der Waals surface area contributed by atoms with Crippen molar-refractivity contribution in [2.45, 2.75) is 0 Å². The Balaban J connectivity index is 1.52. The van der Waals surface area contributed by atoms with Crippen molar-refractivity contribution < 1.29 is 9.53 Å². The fourth-order valence-corrected chi connectivity index (χ4v) is 2.56. The summed E-state index contributed by atoms with van der Waals surface area (Å²) >= 11 is 0. The SMILES string of the molecule is O=C(Nc1ccc(-n2cccn2)nc1)c1ccccc1Oc1ccccc1. The lowest BCUT2D eigenvalue weighted by atomic mass is 10.2. The molecule has 1 N–H and O–H groups in total. The van der Waals surface area contributed by atoms with Gasteiger partial charge in [0.2, 0.25) is 0 Å². The Morgan fingerprint density at radius 2 is 1.74 bits per heavy atom. The zero-order chi connectivity index (χ0) is 18.5. The maximum Gasteiger partial charge on any atom is 0.259 e. The van der Waals surface area contributed by atoms with Crippen molar-refractivity contribution in [2.75, 3.05) is 5.32 Å². The van der Waals surface area contributed by atoms with Crippen molar-refractivity contribution in [2.24, 2.45) is 0 Å². The molecule has 6 nitrogen and oxygen atoms in total. The van der Waals surface area contributed by atoms with Crippen LogP contribution in [0.1, 0.15) is 10.4 Å². The standard InChI is InChI=1S/C21H16N4O2/c26-21(24-16-11-12-20(22-15-16)25-14-6-13-23-25)18-9-4-5-10-19(18)27-17-7-2-1-3-8-17/h1-15H,(H,24,26). The summed E-state index contributed by atoms with van der Waals surface area (Å²) < 4.78 is 7.50. The zero-order valence-electron chi connectivity index (χ0n) is 14.3. The smallest absolute Gasteiger partial charge is 0.259 e. The van der Waals surface area contributed by atoms with Gasteiger partial charge in [0.1, 0.15) is 11.5 Å². The first-order chi connectivity index (χ1) is 13.3. The van der Waals surface area contributed by atoms with Gasteiger partial charge in [0.05, 0.1) is 17.4 Å². The summed E-state index contributed by atoms with van der Waals surface area (Å²) in [6, 6.07) is 21.8. The maximum atomic E-state index is 12.7. The van der Waals surface area contributed by atoms with Crippen LogP contribution < -0.4 is 10.1 Å². The van der Waals surface area contributed by atoms with Gasteiger partial charge in [-0.05, 0) is 42.5 Å². The molecule has 4 rings (SSSR count). The third-order valence-electron chi connectivity index (χ3n) is 3.85. The lowest BCUT2D eigenvalue weighted by Gasteiger charge is -2.11. The van der Waals surface area contributed by atoms with E-state index in [2.05, 4.69) is 15.4 Å². The molecular formula is C21H16N4O2. The predicted molar refractivity (Wildman–Crippen MR) is 102 cm³/mol. The second kappa shape index (κ2) is 7.53. The molecule has 0 saturated carbocycles. The molecule has 0 fully saturated rings. The van der Waals surface area contributed by atoms with Gasteiger partial charge in [0, 0.05) is 12.4 Å². The highest BCUT2D eigenvalue weighted by molar-refractivity contribution is 6.06. The van der Waals surface area contributed by atoms with Gasteiger partial charge in [-0.3, -0.25) is 4.79 Å². The van der Waals surface area contributed by atoms with Crippen molar-refractivity contribution in [3.05, 3.63) is 97.0 Å². The van der Waals surface area contributed by atoms with Crippen LogP contribution >= 0.6 is 0 Å². The van der Waals surface area contributed by atoms with Gasteiger partial charge >= 0.3 is 0 Å². The molecule has 0 aliphatic rings. The van der Waals surface area contributed by atoms with E-state index < -0.39 is 0 Å². The quantitative estimate of drug-likeness (QED) is 0.578. The highest BCUT2D eigenvalue weighted by atomic mass is 16.5. The van der Waals surface area contributed by atoms with Crippen LogP contribution in [0.15, 0.2) is 91.4 Å². The minimum absolute atomic E-state index is 0.268. The minimum Gasteiger partial charge on any atom is -0.457 e. The van der Waals surface area contributed by atoms with Crippen LogP contribution in [0.25, 0.3) is 5.82 Å². The molecule has 27 heavy (non-hydrogen) atoms. The number of pyridine rings is 1. The van der Waals surface area contributed by atoms with E-state index in [0.29, 0.717) is 28.6 Å². The number of carbonyl (C=O) groups excluding carboxylic acids is 1. The number of nitrogens with zero attached hydrogens (tertiary/aromatic N) is 3. The molecule has 4 aromatic rings. The molecule has 2 aromatic heterocycles. The molecule has 0 aliphatic heterocycles. The van der Waals surface area contributed by atoms with E-state index in [1.165, 1.54) is 0 Å². The third kappa shape index (κ3) is 3.85. The van der Waals surface area contributed by atoms with Crippen LogP contribution in [0.5, 0.6) is 11.5 Å². The Morgan fingerprint density at radius 1 is 0.926 bits per heavy atom. The fourth-order valence-electron chi connectivity index (χ4n) is 2.56. The van der Waals surface area contributed by atoms with E-state index in [0.717, 1.165) is 0 Å². The molecule has 0 atom stereocenters. The number of anilines is 1. The number of benzene rings is 2. The van der Waals surface area contributed by atoms with E-state index in [4.69, 9.17) is 4.74 Å². The summed E-state index contributed by atoms with van der Waals surface area (Å²) in [6.07, 6.45) is 5.08. The monoisotopic (exact) mass is 356 g/mol. The molecule has 132 valence electrons. The number of ether oxygens (including phenoxy) is 1. The molecule has 0 saturated heterocycles. The zero-order valence-corrected chi connectivity index (χ0v) is 14.3. The number of amides is 1. The molecule has 2 aromatic carbocycles. The molecule has 0 radical (unpaired) electrons. The second-order valence-corrected chi connectivity index (χ2v) is 5.72. The highest BCUT2D eigenvalue weighted by Crippen LogP contribution is 2.25. The molecule has 0 bridgehead atoms. The van der Waals surface area contributed by atoms with Crippen molar-refractivity contribution in [1.82, 2.24) is 14.8 Å². The molecule has 2 heterocycles. The topological polar surface area (TPSA) is 69.0 Å². The summed E-state index contributed by atoms with van der Waals surface area (Å²) in [6.45, 7) is 0. The average Bonchev–Trinajstić information content (AvgIpc) is 3.25. The number of nitrogens with one attached hydrogen (secondary N) is 1. The molecule has 0 aliphatic carbocycles. The van der Waals surface area contributed by atoms with Gasteiger partial charge in [0.15, 0.2) is 5.82 Å². The molecule has 1 amide bonds. The van der Waals surface area contributed by atoms with Crippen molar-refractivity contribution >= 4 is 11.6 Å². The van der Waals surface area contributed by atoms with Gasteiger partial charge in [-0.25, -0.2) is 9.67 Å². The summed E-state index contributed by atoms with van der Waals surface area (Å²) in [5.74, 6) is 1.56. The lowest BCUT2D eigenvalue weighted by molar-refractivity contribution is 0.102. The normalized spacial score (nSPS) is 10.4. The minimum atomic E-state index is -0.268. The Hall–Kier alpha value is -3.93. The summed E-state index contributed by atoms with van der Waals surface area (Å²) in [5, 5.41) is 6.97. The van der Waals surface area contributed by atoms with Gasteiger partial charge < -0.3 is 10.1 Å². The van der Waals surface area contributed by atoms with Gasteiger partial charge in [-0.2, -0.15) is 5.10 Å². The first-order valence-electron chi connectivity index (χ1n) is 8.39. The number of hydrogen-bond donors (Lipinski definition) is 1. The van der Waals surface area contributed by atoms with Crippen molar-refractivity contribution in [3.8, 4) is 17.3 Å². The number of aromatic nitrogens is 3. The maximum absolute atomic E-state index is 12.7. The van der Waals surface area contributed by atoms with Gasteiger partial charge in [-0.15, -0.1) is 0 Å². The van der Waals surface area contributed by atoms with E-state index in [-0.39, 0.29) is 5.91 Å². The Kier molecular flexibility index (Phi) is 4.61. The van der Waals surface area contributed by atoms with E-state index in [9.17, 15) is 4.79 Å². The molecular weight excluding hydrogens is 340 g/mol. The van der Waals surface area contributed by atoms with Gasteiger partial charge in [0.25, 0.3) is 5.91 Å². The molecule has 6 heteroatoms. The van der Waals surface area contributed by atoms with Crippen LogP contribution in [0.4, 0.5) is 5.69 Å². The second-order valence-electron chi connectivity index (χ2n) is 5.72. The van der Waals surface area contributed by atoms with Crippen molar-refractivity contribution in [1.29, 1.82) is 0 Å². The first-order valence-corrected chi connectivity index (χ1v) is 8.39. The van der Waals surface area contributed by atoms with E-state index in [1.54, 1.807) is 53.6 Å². The summed E-state index contributed by atoms with van der Waals surface area (Å²) in [7, 11) is 0. The molecule has 0 spiro atoms. The van der Waals surface area contributed by atoms with Crippen molar-refractivity contribution in [3.63, 3.8) is 0 Å². The third-order valence-corrected chi connectivity index (χ3v) is 3.85. The Bertz CT molecular complexity index is 1030. The largest absolute Gasteiger partial charge is 0.457 e. The van der Waals surface area contributed by atoms with Crippen LogP contribution in [-0.2, 0) is 0 Å². The summed E-state index contributed by atoms with van der Waals surface area (Å²) in [4.78, 5) is 17.0. The van der Waals surface area contributed by atoms with Gasteiger partial charge in [-0.1, -0.05) is 30.3 Å². The average molecular weight is 356 g/mol. The number of para-hydroxylation sites is 2. The first kappa shape index (κ1) is 16.5. The van der Waals surface area contributed by atoms with Crippen LogP contribution in [0.2, 0.25) is 0 Å². The summed E-state index contributed by atoms with van der Waals surface area (Å²) in [5.41, 5.74) is 1.03. The van der Waals surface area contributed by atoms with Crippen LogP contribution in [-0.4, -0.2) is 20.7 Å². The van der Waals surface area contributed by atoms with Crippen LogP contribution in [0, 0.1) is 0 Å². The number of rotatable bonds is 5.